The first-order chi connectivity index (χ1) is 7.13. The van der Waals surface area contributed by atoms with Crippen molar-refractivity contribution in [1.29, 1.82) is 0 Å². The van der Waals surface area contributed by atoms with E-state index in [2.05, 4.69) is 5.32 Å². The maximum absolute atomic E-state index is 11.5. The smallest absolute Gasteiger partial charge is 0.287 e. The van der Waals surface area contributed by atoms with Gasteiger partial charge in [-0.1, -0.05) is 11.8 Å². The van der Waals surface area contributed by atoms with E-state index in [4.69, 9.17) is 10.2 Å². The first-order valence-electron chi connectivity index (χ1n) is 4.81. The molecular weight excluding hydrogens is 248 g/mol. The molecule has 0 aliphatic rings. The maximum Gasteiger partial charge on any atom is 0.287 e. The van der Waals surface area contributed by atoms with Gasteiger partial charge in [-0.2, -0.15) is 0 Å². The summed E-state index contributed by atoms with van der Waals surface area (Å²) in [6.07, 6.45) is 2.67. The fourth-order valence-electron chi connectivity index (χ4n) is 1.05. The van der Waals surface area contributed by atoms with E-state index in [1.807, 2.05) is 13.2 Å². The van der Waals surface area contributed by atoms with Gasteiger partial charge in [-0.3, -0.25) is 4.79 Å². The van der Waals surface area contributed by atoms with Crippen LogP contribution in [0.3, 0.4) is 0 Å². The minimum atomic E-state index is -0.184. The van der Waals surface area contributed by atoms with E-state index >= 15 is 0 Å². The van der Waals surface area contributed by atoms with Gasteiger partial charge in [0.05, 0.1) is 0 Å². The second kappa shape index (κ2) is 7.60. The topological polar surface area (TPSA) is 68.3 Å². The number of nitrogens with one attached hydrogen (secondary N) is 1. The van der Waals surface area contributed by atoms with Gasteiger partial charge in [0.15, 0.2) is 10.9 Å². The SMILES string of the molecule is CSc1ccc(C(=O)NCCC(C)N)o1.Cl. The summed E-state index contributed by atoms with van der Waals surface area (Å²) in [5, 5.41) is 3.49. The van der Waals surface area contributed by atoms with Crippen LogP contribution in [0.4, 0.5) is 0 Å². The van der Waals surface area contributed by atoms with Crippen molar-refractivity contribution in [3.63, 3.8) is 0 Å². The van der Waals surface area contributed by atoms with Crippen LogP contribution < -0.4 is 11.1 Å². The zero-order valence-electron chi connectivity index (χ0n) is 9.36. The molecule has 1 aromatic heterocycles. The minimum Gasteiger partial charge on any atom is -0.445 e. The zero-order chi connectivity index (χ0) is 11.3. The van der Waals surface area contributed by atoms with E-state index in [-0.39, 0.29) is 24.4 Å². The van der Waals surface area contributed by atoms with Crippen molar-refractivity contribution < 1.29 is 9.21 Å². The van der Waals surface area contributed by atoms with Gasteiger partial charge in [0.25, 0.3) is 5.91 Å². The average molecular weight is 265 g/mol. The van der Waals surface area contributed by atoms with E-state index in [9.17, 15) is 4.79 Å². The highest BCUT2D eigenvalue weighted by atomic mass is 35.5. The van der Waals surface area contributed by atoms with Crippen molar-refractivity contribution in [2.45, 2.75) is 24.5 Å². The molecule has 92 valence electrons. The molecule has 0 bridgehead atoms. The number of rotatable bonds is 5. The van der Waals surface area contributed by atoms with Crippen molar-refractivity contribution >= 4 is 30.1 Å². The van der Waals surface area contributed by atoms with E-state index in [0.717, 1.165) is 11.5 Å². The van der Waals surface area contributed by atoms with Gasteiger partial charge in [-0.25, -0.2) is 0 Å². The number of amides is 1. The number of carbonyl (C=O) groups excluding carboxylic acids is 1. The van der Waals surface area contributed by atoms with E-state index in [1.54, 1.807) is 12.1 Å². The number of hydrogen-bond donors (Lipinski definition) is 2. The molecule has 0 saturated carbocycles. The second-order valence-electron chi connectivity index (χ2n) is 3.34. The maximum atomic E-state index is 11.5. The quantitative estimate of drug-likeness (QED) is 0.797. The van der Waals surface area contributed by atoms with Crippen molar-refractivity contribution in [2.75, 3.05) is 12.8 Å². The van der Waals surface area contributed by atoms with Crippen molar-refractivity contribution in [1.82, 2.24) is 5.32 Å². The monoisotopic (exact) mass is 264 g/mol. The van der Waals surface area contributed by atoms with Crippen LogP contribution in [-0.4, -0.2) is 24.7 Å². The lowest BCUT2D eigenvalue weighted by Gasteiger charge is -2.05. The van der Waals surface area contributed by atoms with Crippen molar-refractivity contribution in [2.24, 2.45) is 5.73 Å². The Balaban J connectivity index is 0.00000225. The molecular formula is C10H17ClN2O2S. The number of hydrogen-bond acceptors (Lipinski definition) is 4. The molecule has 0 spiro atoms. The molecule has 0 saturated heterocycles. The molecule has 6 heteroatoms. The van der Waals surface area contributed by atoms with E-state index < -0.39 is 0 Å². The Morgan fingerprint density at radius 1 is 1.62 bits per heavy atom. The van der Waals surface area contributed by atoms with Crippen LogP contribution in [0.25, 0.3) is 0 Å². The number of furan rings is 1. The first-order valence-corrected chi connectivity index (χ1v) is 6.03. The Bertz CT molecular complexity index is 328. The van der Waals surface area contributed by atoms with Crippen molar-refractivity contribution in [3.05, 3.63) is 17.9 Å². The molecule has 0 aliphatic carbocycles. The van der Waals surface area contributed by atoms with Crippen LogP contribution >= 0.6 is 24.2 Å². The fraction of sp³-hybridized carbons (Fsp3) is 0.500. The summed E-state index contributed by atoms with van der Waals surface area (Å²) in [7, 11) is 0. The summed E-state index contributed by atoms with van der Waals surface area (Å²) in [5.41, 5.74) is 5.56. The third kappa shape index (κ3) is 4.92. The van der Waals surface area contributed by atoms with Gasteiger partial charge in [-0.15, -0.1) is 12.4 Å². The van der Waals surface area contributed by atoms with Crippen LogP contribution in [0, 0.1) is 0 Å². The predicted octanol–water partition coefficient (Wildman–Crippen LogP) is 1.89. The Kier molecular flexibility index (Phi) is 7.29. The Morgan fingerprint density at radius 2 is 2.31 bits per heavy atom. The molecule has 4 nitrogen and oxygen atoms in total. The second-order valence-corrected chi connectivity index (χ2v) is 4.16. The molecule has 1 rings (SSSR count). The third-order valence-electron chi connectivity index (χ3n) is 1.89. The molecule has 3 N–H and O–H groups in total. The summed E-state index contributed by atoms with van der Waals surface area (Å²) in [6.45, 7) is 2.48. The number of nitrogens with two attached hydrogens (primary N) is 1. The highest BCUT2D eigenvalue weighted by molar-refractivity contribution is 7.98. The van der Waals surface area contributed by atoms with Gasteiger partial charge < -0.3 is 15.5 Å². The predicted molar refractivity (Wildman–Crippen MR) is 68.3 cm³/mol. The van der Waals surface area contributed by atoms with E-state index in [0.29, 0.717) is 12.3 Å². The minimum absolute atomic E-state index is 0. The normalized spacial score (nSPS) is 11.7. The van der Waals surface area contributed by atoms with E-state index in [1.165, 1.54) is 11.8 Å². The average Bonchev–Trinajstić information content (AvgIpc) is 2.65. The fourth-order valence-corrected chi connectivity index (χ4v) is 1.43. The summed E-state index contributed by atoms with van der Waals surface area (Å²) in [5.74, 6) is 0.167. The van der Waals surface area contributed by atoms with Gasteiger partial charge in [0.1, 0.15) is 0 Å². The van der Waals surface area contributed by atoms with Gasteiger partial charge >= 0.3 is 0 Å². The van der Waals surface area contributed by atoms with Crippen molar-refractivity contribution in [3.8, 4) is 0 Å². The number of halogens is 1. The largest absolute Gasteiger partial charge is 0.445 e. The molecule has 1 atom stereocenters. The zero-order valence-corrected chi connectivity index (χ0v) is 11.0. The molecule has 0 fully saturated rings. The molecule has 0 radical (unpaired) electrons. The Labute approximate surface area is 106 Å². The summed E-state index contributed by atoms with van der Waals surface area (Å²) in [6, 6.07) is 3.56. The standard InChI is InChI=1S/C10H16N2O2S.ClH/c1-7(11)5-6-12-10(13)8-3-4-9(14-8)15-2;/h3-4,7H,5-6,11H2,1-2H3,(H,12,13);1H. The van der Waals surface area contributed by atoms with Crippen LogP contribution in [-0.2, 0) is 0 Å². The number of thioether (sulfide) groups is 1. The molecule has 0 aromatic carbocycles. The van der Waals surface area contributed by atoms with Crippen LogP contribution in [0.1, 0.15) is 23.9 Å². The molecule has 1 unspecified atom stereocenters. The van der Waals surface area contributed by atoms with Crippen LogP contribution in [0.5, 0.6) is 0 Å². The summed E-state index contributed by atoms with van der Waals surface area (Å²) in [4.78, 5) is 11.5. The lowest BCUT2D eigenvalue weighted by atomic mass is 10.2. The van der Waals surface area contributed by atoms with Crippen LogP contribution in [0.2, 0.25) is 0 Å². The lowest BCUT2D eigenvalue weighted by Crippen LogP contribution is -2.28. The van der Waals surface area contributed by atoms with Crippen LogP contribution in [0.15, 0.2) is 21.6 Å². The lowest BCUT2D eigenvalue weighted by molar-refractivity contribution is 0.0920. The van der Waals surface area contributed by atoms with Gasteiger partial charge in [0.2, 0.25) is 0 Å². The third-order valence-corrected chi connectivity index (χ3v) is 2.51. The Hall–Kier alpha value is -0.650. The van der Waals surface area contributed by atoms with Gasteiger partial charge in [0, 0.05) is 12.6 Å². The molecule has 0 aliphatic heterocycles. The highest BCUT2D eigenvalue weighted by Crippen LogP contribution is 2.17. The molecule has 1 aromatic rings. The summed E-state index contributed by atoms with van der Waals surface area (Å²) >= 11 is 1.47. The highest BCUT2D eigenvalue weighted by Gasteiger charge is 2.09. The molecule has 1 heterocycles. The first kappa shape index (κ1) is 15.3. The van der Waals surface area contributed by atoms with Gasteiger partial charge in [-0.05, 0) is 31.7 Å². The summed E-state index contributed by atoms with van der Waals surface area (Å²) < 4.78 is 5.27. The Morgan fingerprint density at radius 3 is 2.81 bits per heavy atom. The molecule has 16 heavy (non-hydrogen) atoms. The molecule has 1 amide bonds. The number of carbonyl (C=O) groups is 1.